The Morgan fingerprint density at radius 2 is 2.25 bits per heavy atom. The molecule has 94 valence electrons. The van der Waals surface area contributed by atoms with Gasteiger partial charge in [0.15, 0.2) is 0 Å². The van der Waals surface area contributed by atoms with Crippen LogP contribution in [0.1, 0.15) is 25.7 Å². The normalized spacial score (nSPS) is 27.9. The molecule has 4 heteroatoms. The second-order valence-electron chi connectivity index (χ2n) is 4.96. The molecule has 2 fully saturated rings. The van der Waals surface area contributed by atoms with Crippen molar-refractivity contribution in [2.45, 2.75) is 37.8 Å². The average Bonchev–Trinajstić information content (AvgIpc) is 3.12. The van der Waals surface area contributed by atoms with Gasteiger partial charge >= 0.3 is 0 Å². The molecule has 0 aromatic heterocycles. The number of ether oxygens (including phenoxy) is 1. The molecular weight excluding hydrogens is 222 g/mol. The Balaban J connectivity index is 1.46. The molecule has 0 spiro atoms. The molecule has 1 saturated heterocycles. The summed E-state index contributed by atoms with van der Waals surface area (Å²) in [5.41, 5.74) is 0. The second-order valence-corrected chi connectivity index (χ2v) is 6.11. The van der Waals surface area contributed by atoms with Crippen molar-refractivity contribution in [2.75, 3.05) is 31.3 Å². The summed E-state index contributed by atoms with van der Waals surface area (Å²) in [7, 11) is 0. The number of thioether (sulfide) groups is 1. The molecule has 2 atom stereocenters. The first-order valence-electron chi connectivity index (χ1n) is 6.41. The van der Waals surface area contributed by atoms with Gasteiger partial charge < -0.3 is 15.2 Å². The summed E-state index contributed by atoms with van der Waals surface area (Å²) < 4.78 is 5.46. The Bertz CT molecular complexity index is 193. The van der Waals surface area contributed by atoms with E-state index < -0.39 is 0 Å². The largest absolute Gasteiger partial charge is 0.389 e. The van der Waals surface area contributed by atoms with Crippen LogP contribution in [0, 0.1) is 5.92 Å². The van der Waals surface area contributed by atoms with E-state index in [2.05, 4.69) is 5.32 Å². The van der Waals surface area contributed by atoms with Gasteiger partial charge in [-0.15, -0.1) is 0 Å². The third-order valence-corrected chi connectivity index (χ3v) is 4.38. The van der Waals surface area contributed by atoms with E-state index in [4.69, 9.17) is 4.74 Å². The first-order valence-corrected chi connectivity index (χ1v) is 7.57. The van der Waals surface area contributed by atoms with E-state index in [1.54, 1.807) is 0 Å². The van der Waals surface area contributed by atoms with Crippen molar-refractivity contribution in [3.05, 3.63) is 0 Å². The minimum absolute atomic E-state index is 0.342. The predicted octanol–water partition coefficient (Wildman–Crippen LogP) is 1.26. The molecular formula is C12H23NO2S. The summed E-state index contributed by atoms with van der Waals surface area (Å²) >= 11 is 2.01. The molecule has 1 aliphatic heterocycles. The van der Waals surface area contributed by atoms with Crippen molar-refractivity contribution in [3.63, 3.8) is 0 Å². The maximum atomic E-state index is 9.72. The van der Waals surface area contributed by atoms with Crippen LogP contribution in [0.3, 0.4) is 0 Å². The third-order valence-electron chi connectivity index (χ3n) is 3.16. The molecule has 1 saturated carbocycles. The predicted molar refractivity (Wildman–Crippen MR) is 67.9 cm³/mol. The summed E-state index contributed by atoms with van der Waals surface area (Å²) in [5, 5.41) is 13.1. The maximum Gasteiger partial charge on any atom is 0.0897 e. The maximum absolute atomic E-state index is 9.72. The van der Waals surface area contributed by atoms with E-state index in [9.17, 15) is 5.11 Å². The van der Waals surface area contributed by atoms with Gasteiger partial charge in [-0.3, -0.25) is 0 Å². The van der Waals surface area contributed by atoms with Crippen molar-refractivity contribution in [2.24, 2.45) is 5.92 Å². The van der Waals surface area contributed by atoms with E-state index in [1.807, 2.05) is 11.8 Å². The lowest BCUT2D eigenvalue weighted by molar-refractivity contribution is 0.0314. The van der Waals surface area contributed by atoms with Gasteiger partial charge in [0.25, 0.3) is 0 Å². The smallest absolute Gasteiger partial charge is 0.0897 e. The van der Waals surface area contributed by atoms with Gasteiger partial charge in [-0.25, -0.2) is 0 Å². The molecule has 1 heterocycles. The molecule has 0 amide bonds. The summed E-state index contributed by atoms with van der Waals surface area (Å²) in [6.45, 7) is 2.01. The van der Waals surface area contributed by atoms with E-state index >= 15 is 0 Å². The number of rotatable bonds is 7. The molecule has 0 bridgehead atoms. The highest BCUT2D eigenvalue weighted by Crippen LogP contribution is 2.28. The van der Waals surface area contributed by atoms with Gasteiger partial charge in [-0.05, 0) is 37.4 Å². The summed E-state index contributed by atoms with van der Waals surface area (Å²) in [5.74, 6) is 3.27. The SMILES string of the molecule is OC(CNC1CCCSC1)COCC1CC1. The number of nitrogens with one attached hydrogen (secondary N) is 1. The van der Waals surface area contributed by atoms with Crippen molar-refractivity contribution in [1.29, 1.82) is 0 Å². The van der Waals surface area contributed by atoms with Crippen molar-refractivity contribution in [1.82, 2.24) is 5.32 Å². The quantitative estimate of drug-likeness (QED) is 0.708. The molecule has 2 N–H and O–H groups in total. The first kappa shape index (κ1) is 12.7. The van der Waals surface area contributed by atoms with Crippen LogP contribution in [0.25, 0.3) is 0 Å². The van der Waals surface area contributed by atoms with Gasteiger partial charge in [-0.1, -0.05) is 0 Å². The topological polar surface area (TPSA) is 41.5 Å². The molecule has 1 aliphatic carbocycles. The highest BCUT2D eigenvalue weighted by Gasteiger charge is 2.21. The monoisotopic (exact) mass is 245 g/mol. The number of hydrogen-bond acceptors (Lipinski definition) is 4. The average molecular weight is 245 g/mol. The Labute approximate surface area is 102 Å². The Hall–Kier alpha value is 0.230. The fraction of sp³-hybridized carbons (Fsp3) is 1.00. The Morgan fingerprint density at radius 1 is 1.38 bits per heavy atom. The van der Waals surface area contributed by atoms with Gasteiger partial charge in [0.1, 0.15) is 0 Å². The molecule has 2 aliphatic rings. The molecule has 0 radical (unpaired) electrons. The summed E-state index contributed by atoms with van der Waals surface area (Å²) in [6.07, 6.45) is 4.84. The third kappa shape index (κ3) is 5.04. The molecule has 3 nitrogen and oxygen atoms in total. The van der Waals surface area contributed by atoms with Crippen LogP contribution in [-0.2, 0) is 4.74 Å². The highest BCUT2D eigenvalue weighted by atomic mass is 32.2. The Morgan fingerprint density at radius 3 is 2.94 bits per heavy atom. The zero-order valence-electron chi connectivity index (χ0n) is 9.86. The van der Waals surface area contributed by atoms with Crippen LogP contribution in [0.4, 0.5) is 0 Å². The highest BCUT2D eigenvalue weighted by molar-refractivity contribution is 7.99. The molecule has 2 rings (SSSR count). The number of hydrogen-bond donors (Lipinski definition) is 2. The van der Waals surface area contributed by atoms with Gasteiger partial charge in [-0.2, -0.15) is 11.8 Å². The van der Waals surface area contributed by atoms with Crippen LogP contribution in [0.15, 0.2) is 0 Å². The second kappa shape index (κ2) is 6.84. The molecule has 16 heavy (non-hydrogen) atoms. The molecule has 0 aromatic carbocycles. The van der Waals surface area contributed by atoms with Crippen molar-refractivity contribution < 1.29 is 9.84 Å². The van der Waals surface area contributed by atoms with Gasteiger partial charge in [0, 0.05) is 24.9 Å². The lowest BCUT2D eigenvalue weighted by Gasteiger charge is -2.23. The zero-order valence-corrected chi connectivity index (χ0v) is 10.7. The lowest BCUT2D eigenvalue weighted by Crippen LogP contribution is -2.40. The fourth-order valence-corrected chi connectivity index (χ4v) is 3.03. The zero-order chi connectivity index (χ0) is 11.2. The molecule has 2 unspecified atom stereocenters. The summed E-state index contributed by atoms with van der Waals surface area (Å²) in [6, 6.07) is 0.594. The van der Waals surface area contributed by atoms with Crippen molar-refractivity contribution >= 4 is 11.8 Å². The van der Waals surface area contributed by atoms with E-state index in [1.165, 1.54) is 37.2 Å². The number of aliphatic hydroxyl groups excluding tert-OH is 1. The lowest BCUT2D eigenvalue weighted by atomic mass is 10.2. The summed E-state index contributed by atoms with van der Waals surface area (Å²) in [4.78, 5) is 0. The van der Waals surface area contributed by atoms with Gasteiger partial charge in [0.2, 0.25) is 0 Å². The van der Waals surface area contributed by atoms with Gasteiger partial charge in [0.05, 0.1) is 12.7 Å². The van der Waals surface area contributed by atoms with Crippen LogP contribution < -0.4 is 5.32 Å². The van der Waals surface area contributed by atoms with Crippen molar-refractivity contribution in [3.8, 4) is 0 Å². The Kier molecular flexibility index (Phi) is 5.42. The van der Waals surface area contributed by atoms with Crippen LogP contribution in [-0.4, -0.2) is 48.5 Å². The molecule has 0 aromatic rings. The fourth-order valence-electron chi connectivity index (χ4n) is 1.92. The van der Waals surface area contributed by atoms with Crippen LogP contribution in [0.5, 0.6) is 0 Å². The van der Waals surface area contributed by atoms with E-state index in [-0.39, 0.29) is 6.10 Å². The minimum atomic E-state index is -0.342. The first-order chi connectivity index (χ1) is 7.84. The minimum Gasteiger partial charge on any atom is -0.389 e. The van der Waals surface area contributed by atoms with Crippen LogP contribution >= 0.6 is 11.8 Å². The van der Waals surface area contributed by atoms with E-state index in [0.717, 1.165) is 12.5 Å². The standard InChI is InChI=1S/C12H23NO2S/c14-12(8-15-7-10-3-4-10)6-13-11-2-1-5-16-9-11/h10-14H,1-9H2. The number of aliphatic hydroxyl groups is 1. The van der Waals surface area contributed by atoms with E-state index in [0.29, 0.717) is 19.2 Å². The van der Waals surface area contributed by atoms with Crippen LogP contribution in [0.2, 0.25) is 0 Å².